The first-order chi connectivity index (χ1) is 5.74. The third kappa shape index (κ3) is 2.81. The second-order valence-electron chi connectivity index (χ2n) is 2.25. The van der Waals surface area contributed by atoms with Gasteiger partial charge in [-0.2, -0.15) is 0 Å². The van der Waals surface area contributed by atoms with E-state index in [1.807, 2.05) is 30.3 Å². The van der Waals surface area contributed by atoms with Crippen molar-refractivity contribution in [2.75, 3.05) is 5.88 Å². The van der Waals surface area contributed by atoms with Crippen LogP contribution in [0.25, 0.3) is 6.08 Å². The molecule has 1 aromatic carbocycles. The fourth-order valence-corrected chi connectivity index (χ4v) is 1.31. The van der Waals surface area contributed by atoms with Gasteiger partial charge < -0.3 is 0 Å². The summed E-state index contributed by atoms with van der Waals surface area (Å²) in [5.74, 6) is 0.464. The van der Waals surface area contributed by atoms with E-state index < -0.39 is 0 Å². The summed E-state index contributed by atoms with van der Waals surface area (Å²) in [5.41, 5.74) is 0.978. The van der Waals surface area contributed by atoms with Gasteiger partial charge in [0.1, 0.15) is 0 Å². The highest BCUT2D eigenvalue weighted by Crippen LogP contribution is 2.20. The van der Waals surface area contributed by atoms with E-state index in [4.69, 9.17) is 23.2 Å². The molecule has 0 aliphatic heterocycles. The summed E-state index contributed by atoms with van der Waals surface area (Å²) < 4.78 is 0.928. The van der Waals surface area contributed by atoms with Gasteiger partial charge in [-0.15, -0.1) is 11.6 Å². The normalized spacial score (nSPS) is 11.8. The Hall–Kier alpha value is 0.0200. The van der Waals surface area contributed by atoms with Crippen molar-refractivity contribution in [2.24, 2.45) is 0 Å². The number of alkyl halides is 1. The molecular formula is C9H7BrCl2. The molecule has 0 saturated carbocycles. The summed E-state index contributed by atoms with van der Waals surface area (Å²) >= 11 is 14.8. The molecule has 12 heavy (non-hydrogen) atoms. The van der Waals surface area contributed by atoms with E-state index in [0.717, 1.165) is 15.1 Å². The third-order valence-corrected chi connectivity index (χ3v) is 2.81. The largest absolute Gasteiger partial charge is 0.121 e. The smallest absolute Gasteiger partial charge is 0.0540 e. The minimum absolute atomic E-state index is 0.464. The number of benzene rings is 1. The first-order valence-electron chi connectivity index (χ1n) is 3.40. The van der Waals surface area contributed by atoms with Crippen LogP contribution in [0.3, 0.4) is 0 Å². The monoisotopic (exact) mass is 264 g/mol. The number of hydrogen-bond acceptors (Lipinski definition) is 0. The molecule has 0 aromatic heterocycles. The van der Waals surface area contributed by atoms with Gasteiger partial charge >= 0.3 is 0 Å². The van der Waals surface area contributed by atoms with Gasteiger partial charge in [-0.3, -0.25) is 0 Å². The van der Waals surface area contributed by atoms with Gasteiger partial charge in [0.2, 0.25) is 0 Å². The van der Waals surface area contributed by atoms with E-state index in [1.54, 1.807) is 0 Å². The quantitative estimate of drug-likeness (QED) is 0.699. The van der Waals surface area contributed by atoms with E-state index in [9.17, 15) is 0 Å². The van der Waals surface area contributed by atoms with Crippen molar-refractivity contribution in [2.45, 2.75) is 0 Å². The van der Waals surface area contributed by atoms with Gasteiger partial charge in [-0.1, -0.05) is 45.7 Å². The van der Waals surface area contributed by atoms with Crippen molar-refractivity contribution in [3.63, 3.8) is 0 Å². The molecule has 0 aliphatic carbocycles. The van der Waals surface area contributed by atoms with E-state index in [1.165, 1.54) is 0 Å². The van der Waals surface area contributed by atoms with Crippen LogP contribution in [-0.2, 0) is 0 Å². The highest BCUT2D eigenvalue weighted by atomic mass is 79.9. The lowest BCUT2D eigenvalue weighted by Gasteiger charge is -1.97. The molecule has 64 valence electrons. The summed E-state index contributed by atoms with van der Waals surface area (Å²) in [6, 6.07) is 7.62. The molecule has 1 aromatic rings. The first-order valence-corrected chi connectivity index (χ1v) is 5.11. The maximum absolute atomic E-state index is 5.92. The minimum Gasteiger partial charge on any atom is -0.121 e. The number of allylic oxidation sites excluding steroid dienone is 1. The molecule has 0 unspecified atom stereocenters. The third-order valence-electron chi connectivity index (χ3n) is 1.35. The Kier molecular flexibility index (Phi) is 4.13. The number of hydrogen-bond donors (Lipinski definition) is 0. The Morgan fingerprint density at radius 1 is 1.42 bits per heavy atom. The second kappa shape index (κ2) is 4.90. The molecule has 1 rings (SSSR count). The van der Waals surface area contributed by atoms with Crippen molar-refractivity contribution in [3.8, 4) is 0 Å². The van der Waals surface area contributed by atoms with Crippen LogP contribution >= 0.6 is 39.1 Å². The predicted molar refractivity (Wildman–Crippen MR) is 59.1 cm³/mol. The summed E-state index contributed by atoms with van der Waals surface area (Å²) in [4.78, 5) is 0. The molecule has 0 saturated heterocycles. The molecule has 0 spiro atoms. The Labute approximate surface area is 90.3 Å². The summed E-state index contributed by atoms with van der Waals surface area (Å²) in [5, 5.41) is 0.736. The van der Waals surface area contributed by atoms with E-state index in [0.29, 0.717) is 5.88 Å². The molecule has 0 fully saturated rings. The van der Waals surface area contributed by atoms with E-state index >= 15 is 0 Å². The maximum atomic E-state index is 5.92. The summed E-state index contributed by atoms with van der Waals surface area (Å²) in [7, 11) is 0. The molecule has 0 amide bonds. The molecule has 0 nitrogen and oxygen atoms in total. The Bertz CT molecular complexity index is 294. The zero-order chi connectivity index (χ0) is 8.97. The molecule has 0 heterocycles. The van der Waals surface area contributed by atoms with Crippen LogP contribution in [0.5, 0.6) is 0 Å². The average Bonchev–Trinajstić information content (AvgIpc) is 2.09. The lowest BCUT2D eigenvalue weighted by Crippen LogP contribution is -1.76. The average molecular weight is 266 g/mol. The van der Waals surface area contributed by atoms with Crippen LogP contribution in [0.2, 0.25) is 5.02 Å². The molecule has 0 radical (unpaired) electrons. The zero-order valence-electron chi connectivity index (χ0n) is 6.23. The summed E-state index contributed by atoms with van der Waals surface area (Å²) in [6.07, 6.45) is 1.91. The number of rotatable bonds is 2. The second-order valence-corrected chi connectivity index (χ2v) is 3.94. The zero-order valence-corrected chi connectivity index (χ0v) is 9.33. The number of halogens is 3. The van der Waals surface area contributed by atoms with Crippen LogP contribution in [-0.4, -0.2) is 5.88 Å². The van der Waals surface area contributed by atoms with Gasteiger partial charge in [0.25, 0.3) is 0 Å². The van der Waals surface area contributed by atoms with Crippen molar-refractivity contribution in [3.05, 3.63) is 39.3 Å². The Morgan fingerprint density at radius 2 is 2.08 bits per heavy atom. The van der Waals surface area contributed by atoms with Crippen molar-refractivity contribution in [1.82, 2.24) is 0 Å². The van der Waals surface area contributed by atoms with Gasteiger partial charge in [0.05, 0.1) is 5.88 Å². The fourth-order valence-electron chi connectivity index (χ4n) is 0.799. The first kappa shape index (κ1) is 10.1. The van der Waals surface area contributed by atoms with Crippen LogP contribution in [0.4, 0.5) is 0 Å². The predicted octanol–water partition coefficient (Wildman–Crippen LogP) is 4.31. The van der Waals surface area contributed by atoms with Gasteiger partial charge in [0, 0.05) is 9.51 Å². The SMILES string of the molecule is ClCC(Br)=Cc1ccccc1Cl. The lowest BCUT2D eigenvalue weighted by molar-refractivity contribution is 1.63. The van der Waals surface area contributed by atoms with Crippen LogP contribution in [0.1, 0.15) is 5.56 Å². The fraction of sp³-hybridized carbons (Fsp3) is 0.111. The molecule has 0 N–H and O–H groups in total. The van der Waals surface area contributed by atoms with Crippen LogP contribution in [0, 0.1) is 0 Å². The van der Waals surface area contributed by atoms with Crippen molar-refractivity contribution in [1.29, 1.82) is 0 Å². The lowest BCUT2D eigenvalue weighted by atomic mass is 10.2. The van der Waals surface area contributed by atoms with Gasteiger partial charge in [0.15, 0.2) is 0 Å². The van der Waals surface area contributed by atoms with Crippen molar-refractivity contribution >= 4 is 45.2 Å². The highest BCUT2D eigenvalue weighted by Gasteiger charge is 1.95. The molecule has 0 aliphatic rings. The van der Waals surface area contributed by atoms with Crippen LogP contribution < -0.4 is 0 Å². The Morgan fingerprint density at radius 3 is 2.67 bits per heavy atom. The molecule has 0 atom stereocenters. The van der Waals surface area contributed by atoms with Crippen molar-refractivity contribution < 1.29 is 0 Å². The highest BCUT2D eigenvalue weighted by molar-refractivity contribution is 9.11. The topological polar surface area (TPSA) is 0 Å². The molecular weight excluding hydrogens is 259 g/mol. The standard InChI is InChI=1S/C9H7BrCl2/c10-8(6-11)5-7-3-1-2-4-9(7)12/h1-5H,6H2. The van der Waals surface area contributed by atoms with Crippen LogP contribution in [0.15, 0.2) is 28.7 Å². The van der Waals surface area contributed by atoms with Gasteiger partial charge in [-0.25, -0.2) is 0 Å². The maximum Gasteiger partial charge on any atom is 0.0540 e. The Balaban J connectivity index is 2.96. The molecule has 0 bridgehead atoms. The van der Waals surface area contributed by atoms with Gasteiger partial charge in [-0.05, 0) is 17.7 Å². The summed E-state index contributed by atoms with van der Waals surface area (Å²) in [6.45, 7) is 0. The van der Waals surface area contributed by atoms with E-state index in [-0.39, 0.29) is 0 Å². The molecule has 3 heteroatoms. The van der Waals surface area contributed by atoms with E-state index in [2.05, 4.69) is 15.9 Å². The minimum atomic E-state index is 0.464.